The maximum Gasteiger partial charge on any atom is 0.259 e. The van der Waals surface area contributed by atoms with Gasteiger partial charge in [0.05, 0.1) is 0 Å². The average Bonchev–Trinajstić information content (AvgIpc) is 2.94. The van der Waals surface area contributed by atoms with Crippen LogP contribution in [0.3, 0.4) is 0 Å². The summed E-state index contributed by atoms with van der Waals surface area (Å²) in [5, 5.41) is 5.45. The standard InChI is InChI=1S/C31H36O2Si2/c1-4-31(34(32-5-2,27-19-11-7-12-20-27)28-21-13-8-14-22-28)35(33-6-3,29-23-15-9-16-24-29)30-25-17-10-18-26-30/h7-26,31H,4-6H2,1-3H3. The van der Waals surface area contributed by atoms with Crippen LogP contribution >= 0.6 is 0 Å². The molecular formula is C31H36O2Si2. The van der Waals surface area contributed by atoms with Crippen molar-refractivity contribution >= 4 is 37.4 Å². The lowest BCUT2D eigenvalue weighted by Crippen LogP contribution is -2.76. The highest BCUT2D eigenvalue weighted by Gasteiger charge is 2.59. The van der Waals surface area contributed by atoms with E-state index in [0.29, 0.717) is 13.2 Å². The smallest absolute Gasteiger partial charge is 0.259 e. The van der Waals surface area contributed by atoms with Gasteiger partial charge in [-0.2, -0.15) is 0 Å². The van der Waals surface area contributed by atoms with Crippen molar-refractivity contribution in [2.45, 2.75) is 32.4 Å². The molecule has 180 valence electrons. The van der Waals surface area contributed by atoms with E-state index in [2.05, 4.69) is 142 Å². The lowest BCUT2D eigenvalue weighted by atomic mass is 10.4. The van der Waals surface area contributed by atoms with Crippen LogP contribution in [0.5, 0.6) is 0 Å². The minimum absolute atomic E-state index is 0.212. The van der Waals surface area contributed by atoms with E-state index in [9.17, 15) is 0 Å². The third-order valence-electron chi connectivity index (χ3n) is 6.94. The first-order chi connectivity index (χ1) is 17.2. The Morgan fingerprint density at radius 2 is 0.714 bits per heavy atom. The quantitative estimate of drug-likeness (QED) is 0.275. The molecule has 4 aromatic rings. The minimum atomic E-state index is -2.78. The molecule has 0 bridgehead atoms. The zero-order valence-corrected chi connectivity index (χ0v) is 23.1. The lowest BCUT2D eigenvalue weighted by Gasteiger charge is -2.48. The van der Waals surface area contributed by atoms with Gasteiger partial charge in [-0.05, 0) is 34.6 Å². The molecule has 0 aliphatic heterocycles. The van der Waals surface area contributed by atoms with Crippen molar-refractivity contribution in [2.75, 3.05) is 13.2 Å². The Balaban J connectivity index is 2.12. The molecule has 0 aromatic heterocycles. The fraction of sp³-hybridized carbons (Fsp3) is 0.226. The van der Waals surface area contributed by atoms with Crippen LogP contribution < -0.4 is 20.7 Å². The van der Waals surface area contributed by atoms with Crippen LogP contribution in [0.25, 0.3) is 0 Å². The first-order valence-electron chi connectivity index (χ1n) is 12.7. The molecule has 0 radical (unpaired) electrons. The summed E-state index contributed by atoms with van der Waals surface area (Å²) in [5.41, 5.74) is 0. The normalized spacial score (nSPS) is 12.1. The van der Waals surface area contributed by atoms with Crippen molar-refractivity contribution in [3.05, 3.63) is 121 Å². The highest BCUT2D eigenvalue weighted by Crippen LogP contribution is 2.36. The molecule has 4 rings (SSSR count). The molecule has 4 aromatic carbocycles. The number of benzene rings is 4. The lowest BCUT2D eigenvalue weighted by molar-refractivity contribution is 0.313. The maximum absolute atomic E-state index is 7.14. The fourth-order valence-corrected chi connectivity index (χ4v) is 18.7. The van der Waals surface area contributed by atoms with E-state index < -0.39 is 16.6 Å². The van der Waals surface area contributed by atoms with E-state index in [4.69, 9.17) is 8.85 Å². The molecule has 0 aliphatic carbocycles. The Labute approximate surface area is 212 Å². The van der Waals surface area contributed by atoms with Crippen molar-refractivity contribution < 1.29 is 8.85 Å². The molecule has 0 saturated carbocycles. The van der Waals surface area contributed by atoms with Crippen molar-refractivity contribution in [3.8, 4) is 0 Å². The van der Waals surface area contributed by atoms with Crippen LogP contribution in [0.2, 0.25) is 5.16 Å². The Bertz CT molecular complexity index is 980. The minimum Gasteiger partial charge on any atom is -0.408 e. The first-order valence-corrected chi connectivity index (χ1v) is 16.7. The largest absolute Gasteiger partial charge is 0.408 e. The summed E-state index contributed by atoms with van der Waals surface area (Å²) in [5.74, 6) is 0. The van der Waals surface area contributed by atoms with Gasteiger partial charge >= 0.3 is 0 Å². The van der Waals surface area contributed by atoms with E-state index in [1.807, 2.05) is 0 Å². The molecule has 0 amide bonds. The predicted octanol–water partition coefficient (Wildman–Crippen LogP) is 4.90. The topological polar surface area (TPSA) is 18.5 Å². The molecule has 0 N–H and O–H groups in total. The van der Waals surface area contributed by atoms with Gasteiger partial charge in [0.2, 0.25) is 0 Å². The first kappa shape index (κ1) is 25.3. The Hall–Kier alpha value is -2.77. The van der Waals surface area contributed by atoms with Crippen molar-refractivity contribution in [1.29, 1.82) is 0 Å². The Kier molecular flexibility index (Phi) is 8.52. The van der Waals surface area contributed by atoms with E-state index in [1.54, 1.807) is 0 Å². The fourth-order valence-electron chi connectivity index (χ4n) is 5.73. The van der Waals surface area contributed by atoms with Gasteiger partial charge in [-0.15, -0.1) is 0 Å². The Morgan fingerprint density at radius 1 is 0.457 bits per heavy atom. The third-order valence-corrected chi connectivity index (χ3v) is 18.4. The summed E-state index contributed by atoms with van der Waals surface area (Å²) in [6.07, 6.45) is 0.964. The molecule has 4 heteroatoms. The van der Waals surface area contributed by atoms with Crippen LogP contribution in [-0.4, -0.2) is 29.8 Å². The highest BCUT2D eigenvalue weighted by molar-refractivity contribution is 7.14. The number of hydrogen-bond donors (Lipinski definition) is 0. The van der Waals surface area contributed by atoms with Gasteiger partial charge in [0.25, 0.3) is 16.6 Å². The second-order valence-corrected chi connectivity index (χ2v) is 16.6. The molecule has 0 unspecified atom stereocenters. The zero-order chi connectivity index (χ0) is 24.6. The SMILES string of the molecule is CCO[Si](c1ccccc1)(c1ccccc1)C(CC)[Si](OCC)(c1ccccc1)c1ccccc1. The maximum atomic E-state index is 7.14. The number of hydrogen-bond acceptors (Lipinski definition) is 2. The van der Waals surface area contributed by atoms with Crippen LogP contribution in [0.4, 0.5) is 0 Å². The van der Waals surface area contributed by atoms with Crippen LogP contribution in [0.1, 0.15) is 27.2 Å². The van der Waals surface area contributed by atoms with E-state index in [0.717, 1.165) is 6.42 Å². The monoisotopic (exact) mass is 496 g/mol. The summed E-state index contributed by atoms with van der Waals surface area (Å²) in [6, 6.07) is 43.8. The van der Waals surface area contributed by atoms with Crippen molar-refractivity contribution in [1.82, 2.24) is 0 Å². The van der Waals surface area contributed by atoms with Gasteiger partial charge in [-0.25, -0.2) is 0 Å². The molecular weight excluding hydrogens is 461 g/mol. The van der Waals surface area contributed by atoms with Crippen LogP contribution in [-0.2, 0) is 8.85 Å². The summed E-state index contributed by atoms with van der Waals surface area (Å²) in [6.45, 7) is 7.91. The third kappa shape index (κ3) is 4.72. The second-order valence-electron chi connectivity index (χ2n) is 8.76. The molecule has 0 spiro atoms. The van der Waals surface area contributed by atoms with Crippen molar-refractivity contribution in [3.63, 3.8) is 0 Å². The van der Waals surface area contributed by atoms with Gasteiger partial charge in [0, 0.05) is 18.4 Å². The summed E-state index contributed by atoms with van der Waals surface area (Å²) < 4.78 is 14.3. The van der Waals surface area contributed by atoms with Crippen LogP contribution in [0, 0.1) is 0 Å². The van der Waals surface area contributed by atoms with Gasteiger partial charge in [-0.3, -0.25) is 0 Å². The molecule has 0 aliphatic rings. The van der Waals surface area contributed by atoms with Gasteiger partial charge < -0.3 is 8.85 Å². The summed E-state index contributed by atoms with van der Waals surface area (Å²) >= 11 is 0. The van der Waals surface area contributed by atoms with E-state index in [1.165, 1.54) is 20.7 Å². The molecule has 2 nitrogen and oxygen atoms in total. The van der Waals surface area contributed by atoms with Crippen molar-refractivity contribution in [2.24, 2.45) is 0 Å². The summed E-state index contributed by atoms with van der Waals surface area (Å²) in [4.78, 5) is 0. The highest BCUT2D eigenvalue weighted by atomic mass is 28.4. The van der Waals surface area contributed by atoms with E-state index >= 15 is 0 Å². The molecule has 0 saturated heterocycles. The van der Waals surface area contributed by atoms with Crippen LogP contribution in [0.15, 0.2) is 121 Å². The van der Waals surface area contributed by atoms with Gasteiger partial charge in [0.15, 0.2) is 0 Å². The molecule has 0 atom stereocenters. The molecule has 35 heavy (non-hydrogen) atoms. The average molecular weight is 497 g/mol. The molecule has 0 fully saturated rings. The van der Waals surface area contributed by atoms with Gasteiger partial charge in [-0.1, -0.05) is 135 Å². The zero-order valence-electron chi connectivity index (χ0n) is 21.1. The van der Waals surface area contributed by atoms with E-state index in [-0.39, 0.29) is 5.16 Å². The summed E-state index contributed by atoms with van der Waals surface area (Å²) in [7, 11) is -5.56. The number of rotatable bonds is 11. The second kappa shape index (κ2) is 11.8. The Morgan fingerprint density at radius 3 is 0.914 bits per heavy atom. The predicted molar refractivity (Wildman–Crippen MR) is 153 cm³/mol. The van der Waals surface area contributed by atoms with Gasteiger partial charge in [0.1, 0.15) is 0 Å². The molecule has 0 heterocycles.